The van der Waals surface area contributed by atoms with E-state index in [1.807, 2.05) is 16.9 Å². The Morgan fingerprint density at radius 2 is 2.15 bits per heavy atom. The molecule has 13 heavy (non-hydrogen) atoms. The Morgan fingerprint density at radius 1 is 1.46 bits per heavy atom. The highest BCUT2D eigenvalue weighted by Crippen LogP contribution is 2.03. The fourth-order valence-corrected chi connectivity index (χ4v) is 1.29. The maximum absolute atomic E-state index is 9.15. The molecule has 0 fully saturated rings. The highest BCUT2D eigenvalue weighted by molar-refractivity contribution is 5.00. The van der Waals surface area contributed by atoms with Crippen LogP contribution in [-0.2, 0) is 13.0 Å². The number of nitrogens with zero attached hydrogens (tertiary/aromatic N) is 2. The van der Waals surface area contributed by atoms with Gasteiger partial charge in [-0.05, 0) is 18.9 Å². The molecule has 0 spiro atoms. The maximum atomic E-state index is 9.15. The van der Waals surface area contributed by atoms with Crippen LogP contribution in [0, 0.1) is 5.92 Å². The first-order valence-electron chi connectivity index (χ1n) is 4.78. The molecule has 1 heterocycles. The second kappa shape index (κ2) is 4.42. The molecule has 0 saturated heterocycles. The van der Waals surface area contributed by atoms with Gasteiger partial charge in [-0.2, -0.15) is 5.10 Å². The molecule has 0 saturated carbocycles. The summed E-state index contributed by atoms with van der Waals surface area (Å²) in [6.07, 6.45) is 2.31. The van der Waals surface area contributed by atoms with Gasteiger partial charge in [0.15, 0.2) is 0 Å². The summed E-state index contributed by atoms with van der Waals surface area (Å²) in [5, 5.41) is 13.5. The molecule has 1 rings (SSSR count). The zero-order valence-corrected chi connectivity index (χ0v) is 8.57. The van der Waals surface area contributed by atoms with Gasteiger partial charge >= 0.3 is 0 Å². The molecule has 0 aliphatic heterocycles. The lowest BCUT2D eigenvalue weighted by Crippen LogP contribution is -2.08. The Labute approximate surface area is 79.4 Å². The number of aromatic nitrogens is 2. The first-order valence-corrected chi connectivity index (χ1v) is 4.78. The second-order valence-electron chi connectivity index (χ2n) is 3.98. The van der Waals surface area contributed by atoms with Crippen molar-refractivity contribution in [3.05, 3.63) is 18.0 Å². The molecule has 0 aliphatic carbocycles. The van der Waals surface area contributed by atoms with Crippen LogP contribution in [0.25, 0.3) is 0 Å². The van der Waals surface area contributed by atoms with E-state index in [1.54, 1.807) is 6.92 Å². The predicted molar refractivity (Wildman–Crippen MR) is 52.4 cm³/mol. The van der Waals surface area contributed by atoms with Crippen molar-refractivity contribution in [2.24, 2.45) is 5.92 Å². The summed E-state index contributed by atoms with van der Waals surface area (Å²) in [5.41, 5.74) is 0.968. The van der Waals surface area contributed by atoms with Crippen molar-refractivity contribution in [3.63, 3.8) is 0 Å². The Kier molecular flexibility index (Phi) is 3.48. The fourth-order valence-electron chi connectivity index (χ4n) is 1.29. The third kappa shape index (κ3) is 3.59. The Hall–Kier alpha value is -0.830. The molecule has 1 aromatic heterocycles. The molecule has 3 heteroatoms. The van der Waals surface area contributed by atoms with Crippen LogP contribution in [0.4, 0.5) is 0 Å². The van der Waals surface area contributed by atoms with Gasteiger partial charge in [0.1, 0.15) is 0 Å². The monoisotopic (exact) mass is 182 g/mol. The summed E-state index contributed by atoms with van der Waals surface area (Å²) < 4.78 is 1.93. The average molecular weight is 182 g/mol. The molecule has 0 amide bonds. The van der Waals surface area contributed by atoms with Gasteiger partial charge in [-0.15, -0.1) is 0 Å². The first-order chi connectivity index (χ1) is 6.08. The molecule has 0 bridgehead atoms. The van der Waals surface area contributed by atoms with Crippen LogP contribution >= 0.6 is 0 Å². The lowest BCUT2D eigenvalue weighted by atomic mass is 10.2. The molecule has 1 N–H and O–H groups in total. The summed E-state index contributed by atoms with van der Waals surface area (Å²) >= 11 is 0. The van der Waals surface area contributed by atoms with Crippen LogP contribution in [0.2, 0.25) is 0 Å². The Bertz CT molecular complexity index is 229. The van der Waals surface area contributed by atoms with Crippen molar-refractivity contribution >= 4 is 0 Å². The largest absolute Gasteiger partial charge is 0.393 e. The third-order valence-electron chi connectivity index (χ3n) is 1.75. The van der Waals surface area contributed by atoms with E-state index in [2.05, 4.69) is 18.9 Å². The summed E-state index contributed by atoms with van der Waals surface area (Å²) in [6.45, 7) is 7.05. The van der Waals surface area contributed by atoms with Gasteiger partial charge in [0.05, 0.1) is 11.8 Å². The minimum Gasteiger partial charge on any atom is -0.393 e. The van der Waals surface area contributed by atoms with Crippen molar-refractivity contribution in [2.75, 3.05) is 0 Å². The standard InChI is InChI=1S/C10H18N2O/c1-8(2)7-12-5-4-10(11-12)6-9(3)13/h4-5,8-9,13H,6-7H2,1-3H3. The van der Waals surface area contributed by atoms with Crippen molar-refractivity contribution in [1.29, 1.82) is 0 Å². The van der Waals surface area contributed by atoms with Gasteiger partial charge in [0, 0.05) is 19.2 Å². The lowest BCUT2D eigenvalue weighted by molar-refractivity contribution is 0.194. The van der Waals surface area contributed by atoms with E-state index in [-0.39, 0.29) is 6.10 Å². The molecule has 74 valence electrons. The molecule has 1 unspecified atom stereocenters. The van der Waals surface area contributed by atoms with Crippen LogP contribution in [0.3, 0.4) is 0 Å². The maximum Gasteiger partial charge on any atom is 0.0650 e. The normalized spacial score (nSPS) is 13.6. The van der Waals surface area contributed by atoms with Crippen LogP contribution in [-0.4, -0.2) is 21.0 Å². The molecule has 1 atom stereocenters. The lowest BCUT2D eigenvalue weighted by Gasteiger charge is -2.04. The van der Waals surface area contributed by atoms with Gasteiger partial charge in [0.25, 0.3) is 0 Å². The number of hydrogen-bond donors (Lipinski definition) is 1. The SMILES string of the molecule is CC(C)Cn1ccc(CC(C)O)n1. The second-order valence-corrected chi connectivity index (χ2v) is 3.98. The Morgan fingerprint density at radius 3 is 2.69 bits per heavy atom. The van der Waals surface area contributed by atoms with E-state index < -0.39 is 0 Å². The van der Waals surface area contributed by atoms with E-state index in [1.165, 1.54) is 0 Å². The van der Waals surface area contributed by atoms with Gasteiger partial charge < -0.3 is 5.11 Å². The van der Waals surface area contributed by atoms with E-state index in [4.69, 9.17) is 5.11 Å². The van der Waals surface area contributed by atoms with E-state index >= 15 is 0 Å². The number of aliphatic hydroxyl groups is 1. The van der Waals surface area contributed by atoms with Gasteiger partial charge in [-0.25, -0.2) is 0 Å². The zero-order valence-electron chi connectivity index (χ0n) is 8.57. The number of rotatable bonds is 4. The van der Waals surface area contributed by atoms with Gasteiger partial charge in [-0.1, -0.05) is 13.8 Å². The highest BCUT2D eigenvalue weighted by Gasteiger charge is 2.03. The third-order valence-corrected chi connectivity index (χ3v) is 1.75. The quantitative estimate of drug-likeness (QED) is 0.765. The number of aliphatic hydroxyl groups excluding tert-OH is 1. The van der Waals surface area contributed by atoms with E-state index in [0.29, 0.717) is 12.3 Å². The highest BCUT2D eigenvalue weighted by atomic mass is 16.3. The molecule has 3 nitrogen and oxygen atoms in total. The van der Waals surface area contributed by atoms with Gasteiger partial charge in [-0.3, -0.25) is 4.68 Å². The molecule has 0 radical (unpaired) electrons. The fraction of sp³-hybridized carbons (Fsp3) is 0.700. The smallest absolute Gasteiger partial charge is 0.0650 e. The van der Waals surface area contributed by atoms with Crippen LogP contribution in [0.5, 0.6) is 0 Å². The minimum atomic E-state index is -0.303. The minimum absolute atomic E-state index is 0.303. The van der Waals surface area contributed by atoms with Gasteiger partial charge in [0.2, 0.25) is 0 Å². The topological polar surface area (TPSA) is 38.0 Å². The van der Waals surface area contributed by atoms with Crippen LogP contribution < -0.4 is 0 Å². The van der Waals surface area contributed by atoms with Crippen LogP contribution in [0.15, 0.2) is 12.3 Å². The average Bonchev–Trinajstić information content (AvgIpc) is 2.33. The molecular weight excluding hydrogens is 164 g/mol. The number of hydrogen-bond acceptors (Lipinski definition) is 2. The molecule has 0 aromatic carbocycles. The van der Waals surface area contributed by atoms with E-state index in [9.17, 15) is 0 Å². The van der Waals surface area contributed by atoms with Crippen molar-refractivity contribution in [3.8, 4) is 0 Å². The Balaban J connectivity index is 2.53. The zero-order chi connectivity index (χ0) is 9.84. The molecule has 1 aromatic rings. The molecular formula is C10H18N2O. The van der Waals surface area contributed by atoms with E-state index in [0.717, 1.165) is 12.2 Å². The van der Waals surface area contributed by atoms with Crippen LogP contribution in [0.1, 0.15) is 26.5 Å². The first kappa shape index (κ1) is 10.3. The summed E-state index contributed by atoms with van der Waals surface area (Å²) in [4.78, 5) is 0. The van der Waals surface area contributed by atoms with Crippen molar-refractivity contribution in [1.82, 2.24) is 9.78 Å². The van der Waals surface area contributed by atoms with Crippen molar-refractivity contribution in [2.45, 2.75) is 39.8 Å². The predicted octanol–water partition coefficient (Wildman–Crippen LogP) is 1.46. The van der Waals surface area contributed by atoms with Crippen molar-refractivity contribution < 1.29 is 5.11 Å². The summed E-state index contributed by atoms with van der Waals surface area (Å²) in [5.74, 6) is 0.610. The summed E-state index contributed by atoms with van der Waals surface area (Å²) in [7, 11) is 0. The summed E-state index contributed by atoms with van der Waals surface area (Å²) in [6, 6.07) is 1.97. The molecule has 0 aliphatic rings.